The van der Waals surface area contributed by atoms with Crippen molar-refractivity contribution in [2.45, 2.75) is 50.5 Å². The van der Waals surface area contributed by atoms with E-state index >= 15 is 0 Å². The minimum Gasteiger partial charge on any atom is -0.478 e. The third kappa shape index (κ3) is 3.03. The largest absolute Gasteiger partial charge is 0.478 e. The van der Waals surface area contributed by atoms with Crippen LogP contribution in [0.15, 0.2) is 30.3 Å². The molecule has 1 N–H and O–H groups in total. The van der Waals surface area contributed by atoms with Crippen molar-refractivity contribution in [1.82, 2.24) is 0 Å². The lowest BCUT2D eigenvalue weighted by molar-refractivity contribution is -0.157. The van der Waals surface area contributed by atoms with Crippen molar-refractivity contribution in [3.05, 3.63) is 30.3 Å². The number of aliphatic carboxylic acids is 1. The van der Waals surface area contributed by atoms with Crippen molar-refractivity contribution >= 4 is 5.97 Å². The van der Waals surface area contributed by atoms with Gasteiger partial charge in [-0.3, -0.25) is 0 Å². The molecule has 0 aromatic heterocycles. The summed E-state index contributed by atoms with van der Waals surface area (Å²) in [6.07, 6.45) is 6.49. The van der Waals surface area contributed by atoms with Gasteiger partial charge in [0, 0.05) is 0 Å². The van der Waals surface area contributed by atoms with Crippen LogP contribution in [0.5, 0.6) is 5.75 Å². The molecule has 0 radical (unpaired) electrons. The van der Waals surface area contributed by atoms with E-state index in [9.17, 15) is 9.90 Å². The lowest BCUT2D eigenvalue weighted by atomic mass is 9.87. The van der Waals surface area contributed by atoms with Crippen LogP contribution in [-0.4, -0.2) is 16.7 Å². The molecule has 18 heavy (non-hydrogen) atoms. The lowest BCUT2D eigenvalue weighted by Gasteiger charge is -2.32. The maximum Gasteiger partial charge on any atom is 0.348 e. The quantitative estimate of drug-likeness (QED) is 0.888. The van der Waals surface area contributed by atoms with Crippen LogP contribution in [0.1, 0.15) is 44.9 Å². The molecule has 1 aliphatic rings. The summed E-state index contributed by atoms with van der Waals surface area (Å²) in [7, 11) is 0. The Bertz CT molecular complexity index is 378. The Kier molecular flexibility index (Phi) is 4.24. The van der Waals surface area contributed by atoms with Gasteiger partial charge in [-0.15, -0.1) is 0 Å². The predicted molar refractivity (Wildman–Crippen MR) is 69.8 cm³/mol. The van der Waals surface area contributed by atoms with Crippen molar-refractivity contribution in [2.75, 3.05) is 0 Å². The Morgan fingerprint density at radius 1 is 1.00 bits per heavy atom. The summed E-state index contributed by atoms with van der Waals surface area (Å²) in [5, 5.41) is 9.54. The molecule has 1 fully saturated rings. The van der Waals surface area contributed by atoms with Crippen LogP contribution in [0.3, 0.4) is 0 Å². The number of rotatable bonds is 3. The summed E-state index contributed by atoms with van der Waals surface area (Å²) < 4.78 is 5.84. The molecule has 1 aromatic carbocycles. The highest BCUT2D eigenvalue weighted by Crippen LogP contribution is 2.31. The van der Waals surface area contributed by atoms with Crippen LogP contribution >= 0.6 is 0 Å². The Hall–Kier alpha value is -1.51. The van der Waals surface area contributed by atoms with Crippen LogP contribution in [0.25, 0.3) is 0 Å². The molecule has 1 aromatic rings. The van der Waals surface area contributed by atoms with Gasteiger partial charge in [0.15, 0.2) is 0 Å². The number of carbonyl (C=O) groups is 1. The highest BCUT2D eigenvalue weighted by Gasteiger charge is 2.40. The highest BCUT2D eigenvalue weighted by atomic mass is 16.5. The Morgan fingerprint density at radius 3 is 2.11 bits per heavy atom. The molecule has 0 aliphatic heterocycles. The third-order valence-electron chi connectivity index (χ3n) is 3.61. The van der Waals surface area contributed by atoms with Crippen LogP contribution in [0.4, 0.5) is 0 Å². The number of para-hydroxylation sites is 1. The first-order chi connectivity index (χ1) is 8.73. The van der Waals surface area contributed by atoms with Gasteiger partial charge in [-0.25, -0.2) is 4.79 Å². The fourth-order valence-corrected chi connectivity index (χ4v) is 2.55. The summed E-state index contributed by atoms with van der Waals surface area (Å²) >= 11 is 0. The van der Waals surface area contributed by atoms with Gasteiger partial charge in [0.05, 0.1) is 0 Å². The second-order valence-corrected chi connectivity index (χ2v) is 4.98. The van der Waals surface area contributed by atoms with Gasteiger partial charge < -0.3 is 9.84 Å². The number of hydrogen-bond donors (Lipinski definition) is 1. The van der Waals surface area contributed by atoms with E-state index in [4.69, 9.17) is 4.74 Å². The lowest BCUT2D eigenvalue weighted by Crippen LogP contribution is -2.45. The second-order valence-electron chi connectivity index (χ2n) is 4.98. The third-order valence-corrected chi connectivity index (χ3v) is 3.61. The topological polar surface area (TPSA) is 46.5 Å². The van der Waals surface area contributed by atoms with Crippen LogP contribution in [-0.2, 0) is 4.79 Å². The number of hydrogen-bond acceptors (Lipinski definition) is 2. The summed E-state index contributed by atoms with van der Waals surface area (Å²) in [6.45, 7) is 0. The highest BCUT2D eigenvalue weighted by molar-refractivity contribution is 5.78. The molecule has 3 nitrogen and oxygen atoms in total. The molecule has 0 amide bonds. The molecular weight excluding hydrogens is 228 g/mol. The molecule has 2 rings (SSSR count). The molecule has 98 valence electrons. The standard InChI is InChI=1S/C15H20O3/c16-14(17)15(11-7-2-1-3-8-12-15)18-13-9-5-4-6-10-13/h4-6,9-10H,1-3,7-8,11-12H2,(H,16,17). The minimum absolute atomic E-state index is 0.608. The summed E-state index contributed by atoms with van der Waals surface area (Å²) in [6, 6.07) is 9.28. The fourth-order valence-electron chi connectivity index (χ4n) is 2.55. The normalized spacial score (nSPS) is 19.6. The average Bonchev–Trinajstić information content (AvgIpc) is 2.34. The molecule has 0 spiro atoms. The van der Waals surface area contributed by atoms with Crippen molar-refractivity contribution in [3.63, 3.8) is 0 Å². The zero-order valence-electron chi connectivity index (χ0n) is 10.6. The van der Waals surface area contributed by atoms with Crippen molar-refractivity contribution in [1.29, 1.82) is 0 Å². The van der Waals surface area contributed by atoms with Gasteiger partial charge in [-0.05, 0) is 37.8 Å². The minimum atomic E-state index is -1.03. The Labute approximate surface area is 108 Å². The molecule has 0 bridgehead atoms. The van der Waals surface area contributed by atoms with Gasteiger partial charge in [0.2, 0.25) is 5.60 Å². The van der Waals surface area contributed by atoms with Gasteiger partial charge in [-0.1, -0.05) is 37.5 Å². The molecule has 0 atom stereocenters. The molecule has 0 saturated heterocycles. The summed E-state index contributed by atoms with van der Waals surface area (Å²) in [5.41, 5.74) is -1.03. The SMILES string of the molecule is O=C(O)C1(Oc2ccccc2)CCCCCCC1. The number of ether oxygens (including phenoxy) is 1. The monoisotopic (exact) mass is 248 g/mol. The number of carboxylic acid groups (broad SMARTS) is 1. The van der Waals surface area contributed by atoms with E-state index < -0.39 is 11.6 Å². The Balaban J connectivity index is 2.17. The fraction of sp³-hybridized carbons (Fsp3) is 0.533. The average molecular weight is 248 g/mol. The number of benzene rings is 1. The maximum atomic E-state index is 11.6. The zero-order chi connectivity index (χ0) is 12.8. The van der Waals surface area contributed by atoms with Crippen molar-refractivity contribution < 1.29 is 14.6 Å². The first-order valence-corrected chi connectivity index (χ1v) is 6.70. The van der Waals surface area contributed by atoms with Crippen molar-refractivity contribution in [3.8, 4) is 5.75 Å². The second kappa shape index (κ2) is 5.89. The van der Waals surface area contributed by atoms with E-state index in [1.807, 2.05) is 30.3 Å². The van der Waals surface area contributed by atoms with E-state index in [0.717, 1.165) is 25.7 Å². The molecule has 0 heterocycles. The molecule has 1 saturated carbocycles. The van der Waals surface area contributed by atoms with Gasteiger partial charge >= 0.3 is 5.97 Å². The molecule has 3 heteroatoms. The maximum absolute atomic E-state index is 11.6. The number of carboxylic acids is 1. The van der Waals surface area contributed by atoms with Crippen LogP contribution < -0.4 is 4.74 Å². The zero-order valence-corrected chi connectivity index (χ0v) is 10.6. The Morgan fingerprint density at radius 2 is 1.56 bits per heavy atom. The predicted octanol–water partition coefficient (Wildman–Crippen LogP) is 3.63. The molecule has 1 aliphatic carbocycles. The van der Waals surface area contributed by atoms with Gasteiger partial charge in [0.1, 0.15) is 5.75 Å². The van der Waals surface area contributed by atoms with Crippen LogP contribution in [0.2, 0.25) is 0 Å². The van der Waals surface area contributed by atoms with E-state index in [-0.39, 0.29) is 0 Å². The summed E-state index contributed by atoms with van der Waals surface area (Å²) in [4.78, 5) is 11.6. The van der Waals surface area contributed by atoms with E-state index in [2.05, 4.69) is 0 Å². The van der Waals surface area contributed by atoms with Crippen molar-refractivity contribution in [2.24, 2.45) is 0 Å². The van der Waals surface area contributed by atoms with Crippen LogP contribution in [0, 0.1) is 0 Å². The smallest absolute Gasteiger partial charge is 0.348 e. The first-order valence-electron chi connectivity index (χ1n) is 6.70. The summed E-state index contributed by atoms with van der Waals surface area (Å²) in [5.74, 6) is -0.172. The molecular formula is C15H20O3. The van der Waals surface area contributed by atoms with Gasteiger partial charge in [-0.2, -0.15) is 0 Å². The van der Waals surface area contributed by atoms with Gasteiger partial charge in [0.25, 0.3) is 0 Å². The van der Waals surface area contributed by atoms with E-state index in [1.165, 1.54) is 6.42 Å². The van der Waals surface area contributed by atoms with E-state index in [1.54, 1.807) is 0 Å². The first kappa shape index (κ1) is 12.9. The van der Waals surface area contributed by atoms with E-state index in [0.29, 0.717) is 18.6 Å². The molecule has 0 unspecified atom stereocenters.